The Bertz CT molecular complexity index is 150. The van der Waals surface area contributed by atoms with Gasteiger partial charge in [0.25, 0.3) is 0 Å². The first kappa shape index (κ1) is 11.3. The smallest absolute Gasteiger partial charge is 0.100 e. The van der Waals surface area contributed by atoms with Gasteiger partial charge >= 0.3 is 0 Å². The molecule has 78 valence electrons. The molecule has 1 rings (SSSR count). The van der Waals surface area contributed by atoms with Crippen molar-refractivity contribution in [2.45, 2.75) is 44.8 Å². The van der Waals surface area contributed by atoms with Crippen LogP contribution in [0.3, 0.4) is 0 Å². The summed E-state index contributed by atoms with van der Waals surface area (Å²) in [6.07, 6.45) is 1.27. The van der Waals surface area contributed by atoms with Gasteiger partial charge in [0, 0.05) is 13.2 Å². The van der Waals surface area contributed by atoms with Crippen molar-refractivity contribution in [3.8, 4) is 0 Å². The number of halogens is 1. The van der Waals surface area contributed by atoms with Gasteiger partial charge < -0.3 is 9.47 Å². The van der Waals surface area contributed by atoms with Gasteiger partial charge in [0.15, 0.2) is 0 Å². The fourth-order valence-electron chi connectivity index (χ4n) is 1.41. The summed E-state index contributed by atoms with van der Waals surface area (Å²) >= 11 is 6.00. The molecule has 1 saturated carbocycles. The van der Waals surface area contributed by atoms with Gasteiger partial charge in [-0.25, -0.2) is 0 Å². The largest absolute Gasteiger partial charge is 0.375 e. The number of alkyl halides is 1. The van der Waals surface area contributed by atoms with Crippen LogP contribution in [0.15, 0.2) is 0 Å². The highest BCUT2D eigenvalue weighted by molar-refractivity contribution is 6.21. The maximum Gasteiger partial charge on any atom is 0.100 e. The lowest BCUT2D eigenvalue weighted by Gasteiger charge is -2.40. The Hall–Kier alpha value is 0.210. The van der Waals surface area contributed by atoms with Crippen LogP contribution in [0.5, 0.6) is 0 Å². The minimum absolute atomic E-state index is 0.116. The molecule has 0 aromatic heterocycles. The summed E-state index contributed by atoms with van der Waals surface area (Å²) < 4.78 is 11.1. The van der Waals surface area contributed by atoms with Crippen LogP contribution in [-0.2, 0) is 9.47 Å². The molecule has 1 fully saturated rings. The van der Waals surface area contributed by atoms with Crippen LogP contribution in [0.4, 0.5) is 0 Å². The van der Waals surface area contributed by atoms with Crippen LogP contribution in [0, 0.1) is 5.92 Å². The maximum atomic E-state index is 6.00. The predicted molar refractivity (Wildman–Crippen MR) is 54.3 cm³/mol. The minimum Gasteiger partial charge on any atom is -0.375 e. The molecule has 0 N–H and O–H groups in total. The van der Waals surface area contributed by atoms with Crippen molar-refractivity contribution in [3.63, 3.8) is 0 Å². The Morgan fingerprint density at radius 2 is 2.08 bits per heavy atom. The van der Waals surface area contributed by atoms with Crippen molar-refractivity contribution >= 4 is 11.6 Å². The summed E-state index contributed by atoms with van der Waals surface area (Å²) in [6, 6.07) is 0. The Balaban J connectivity index is 2.20. The maximum absolute atomic E-state index is 6.00. The summed E-state index contributed by atoms with van der Waals surface area (Å²) in [4.78, 5) is 0. The van der Waals surface area contributed by atoms with E-state index in [4.69, 9.17) is 21.1 Å². The van der Waals surface area contributed by atoms with Crippen LogP contribution in [0.25, 0.3) is 0 Å². The number of hydrogen-bond acceptors (Lipinski definition) is 2. The van der Waals surface area contributed by atoms with Crippen LogP contribution >= 0.6 is 11.6 Å². The van der Waals surface area contributed by atoms with Gasteiger partial charge in [0.2, 0.25) is 0 Å². The highest BCUT2D eigenvalue weighted by Crippen LogP contribution is 2.32. The second-order valence-electron chi connectivity index (χ2n) is 3.94. The Morgan fingerprint density at radius 3 is 2.54 bits per heavy atom. The van der Waals surface area contributed by atoms with E-state index in [9.17, 15) is 0 Å². The fraction of sp³-hybridized carbons (Fsp3) is 1.00. The van der Waals surface area contributed by atoms with Crippen LogP contribution in [0.2, 0.25) is 0 Å². The Morgan fingerprint density at radius 1 is 1.38 bits per heavy atom. The molecule has 3 unspecified atom stereocenters. The predicted octanol–water partition coefficient (Wildman–Crippen LogP) is 2.44. The van der Waals surface area contributed by atoms with Gasteiger partial charge in [0.1, 0.15) is 6.10 Å². The molecule has 0 aromatic carbocycles. The number of ether oxygens (including phenoxy) is 2. The van der Waals surface area contributed by atoms with Crippen molar-refractivity contribution in [2.75, 3.05) is 13.2 Å². The van der Waals surface area contributed by atoms with Crippen LogP contribution in [-0.4, -0.2) is 30.8 Å². The quantitative estimate of drug-likeness (QED) is 0.644. The molecule has 2 nitrogen and oxygen atoms in total. The van der Waals surface area contributed by atoms with Gasteiger partial charge in [-0.05, 0) is 19.3 Å². The van der Waals surface area contributed by atoms with Gasteiger partial charge in [-0.2, -0.15) is 0 Å². The van der Waals surface area contributed by atoms with E-state index in [1.807, 2.05) is 6.92 Å². The van der Waals surface area contributed by atoms with E-state index in [2.05, 4.69) is 13.8 Å². The van der Waals surface area contributed by atoms with Crippen LogP contribution in [0.1, 0.15) is 27.2 Å². The van der Waals surface area contributed by atoms with Crippen molar-refractivity contribution < 1.29 is 9.47 Å². The Kier molecular flexibility index (Phi) is 4.50. The average Bonchev–Trinajstić information content (AvgIpc) is 2.07. The molecule has 13 heavy (non-hydrogen) atoms. The third kappa shape index (κ3) is 3.12. The first-order valence-electron chi connectivity index (χ1n) is 5.02. The molecule has 3 atom stereocenters. The normalized spacial score (nSPS) is 33.5. The number of hydrogen-bond donors (Lipinski definition) is 0. The van der Waals surface area contributed by atoms with Crippen molar-refractivity contribution in [1.82, 2.24) is 0 Å². The van der Waals surface area contributed by atoms with E-state index < -0.39 is 0 Å². The molecule has 0 radical (unpaired) electrons. The second-order valence-corrected chi connectivity index (χ2v) is 4.50. The van der Waals surface area contributed by atoms with Crippen LogP contribution < -0.4 is 0 Å². The zero-order valence-corrected chi connectivity index (χ0v) is 9.38. The SMILES string of the molecule is CCOC1C(Cl)CC1OCC(C)C. The number of rotatable bonds is 5. The lowest BCUT2D eigenvalue weighted by atomic mass is 9.91. The standard InChI is InChI=1S/C10H19ClO2/c1-4-12-10-8(11)5-9(10)13-6-7(2)3/h7-10H,4-6H2,1-3H3. The Labute approximate surface area is 85.5 Å². The fourth-order valence-corrected chi connectivity index (χ4v) is 1.82. The topological polar surface area (TPSA) is 18.5 Å². The highest BCUT2D eigenvalue weighted by Gasteiger charge is 2.41. The highest BCUT2D eigenvalue weighted by atomic mass is 35.5. The third-order valence-electron chi connectivity index (χ3n) is 2.18. The second kappa shape index (κ2) is 5.18. The molecule has 0 heterocycles. The van der Waals surface area contributed by atoms with Gasteiger partial charge in [-0.15, -0.1) is 11.6 Å². The van der Waals surface area contributed by atoms with Gasteiger partial charge in [-0.3, -0.25) is 0 Å². The van der Waals surface area contributed by atoms with Gasteiger partial charge in [0.05, 0.1) is 11.5 Å². The summed E-state index contributed by atoms with van der Waals surface area (Å²) in [7, 11) is 0. The van der Waals surface area contributed by atoms with Gasteiger partial charge in [-0.1, -0.05) is 13.8 Å². The first-order valence-corrected chi connectivity index (χ1v) is 5.46. The molecule has 0 amide bonds. The summed E-state index contributed by atoms with van der Waals surface area (Å²) in [5.74, 6) is 0.580. The van der Waals surface area contributed by atoms with E-state index in [1.165, 1.54) is 0 Å². The molecule has 1 aliphatic carbocycles. The minimum atomic E-state index is 0.116. The lowest BCUT2D eigenvalue weighted by Crippen LogP contribution is -2.51. The first-order chi connectivity index (χ1) is 6.15. The van der Waals surface area contributed by atoms with Crippen molar-refractivity contribution in [3.05, 3.63) is 0 Å². The summed E-state index contributed by atoms with van der Waals surface area (Å²) in [5, 5.41) is 0.150. The zero-order valence-electron chi connectivity index (χ0n) is 8.63. The molecule has 0 saturated heterocycles. The summed E-state index contributed by atoms with van der Waals surface area (Å²) in [5.41, 5.74) is 0. The van der Waals surface area contributed by atoms with Crippen molar-refractivity contribution in [2.24, 2.45) is 5.92 Å². The third-order valence-corrected chi connectivity index (χ3v) is 2.61. The summed E-state index contributed by atoms with van der Waals surface area (Å²) in [6.45, 7) is 7.80. The lowest BCUT2D eigenvalue weighted by molar-refractivity contribution is -0.126. The van der Waals surface area contributed by atoms with E-state index in [-0.39, 0.29) is 17.6 Å². The molecular weight excluding hydrogens is 188 g/mol. The molecule has 0 aliphatic heterocycles. The van der Waals surface area contributed by atoms with E-state index in [0.29, 0.717) is 5.92 Å². The molecule has 0 aromatic rings. The van der Waals surface area contributed by atoms with Crippen molar-refractivity contribution in [1.29, 1.82) is 0 Å². The van der Waals surface area contributed by atoms with E-state index in [0.717, 1.165) is 19.6 Å². The average molecular weight is 207 g/mol. The molecule has 3 heteroatoms. The molecule has 0 spiro atoms. The monoisotopic (exact) mass is 206 g/mol. The molecule has 0 bridgehead atoms. The van der Waals surface area contributed by atoms with E-state index >= 15 is 0 Å². The molecular formula is C10H19ClO2. The van der Waals surface area contributed by atoms with E-state index in [1.54, 1.807) is 0 Å². The molecule has 1 aliphatic rings. The zero-order chi connectivity index (χ0) is 9.84.